The van der Waals surface area contributed by atoms with Crippen molar-refractivity contribution in [1.82, 2.24) is 10.2 Å². The molecule has 1 aromatic rings. The molecule has 1 fully saturated rings. The number of β-amino-alcohol motifs (C(OH)–C–C–N with tert-alkyl or cyclic N) is 1. The highest BCUT2D eigenvalue weighted by molar-refractivity contribution is 5.77. The quantitative estimate of drug-likeness (QED) is 0.695. The Labute approximate surface area is 158 Å². The molecule has 0 aromatic heterocycles. The molecule has 146 valence electrons. The first-order chi connectivity index (χ1) is 12.2. The lowest BCUT2D eigenvalue weighted by atomic mass is 9.96. The van der Waals surface area contributed by atoms with Crippen molar-refractivity contribution in [2.75, 3.05) is 13.1 Å². The third-order valence-electron chi connectivity index (χ3n) is 4.91. The Bertz CT molecular complexity index is 556. The molecule has 0 radical (unpaired) electrons. The number of amides is 1. The van der Waals surface area contributed by atoms with Gasteiger partial charge in [-0.3, -0.25) is 9.69 Å². The Balaban J connectivity index is 1.89. The molecule has 4 N–H and O–H groups in total. The van der Waals surface area contributed by atoms with Crippen molar-refractivity contribution in [2.24, 2.45) is 5.73 Å². The Morgan fingerprint density at radius 2 is 2.00 bits per heavy atom. The lowest BCUT2D eigenvalue weighted by Crippen LogP contribution is -2.51. The van der Waals surface area contributed by atoms with Crippen LogP contribution in [0.5, 0.6) is 0 Å². The van der Waals surface area contributed by atoms with Crippen LogP contribution in [0.1, 0.15) is 52.0 Å². The number of likely N-dealkylation sites (tertiary alicyclic amines) is 1. The van der Waals surface area contributed by atoms with Gasteiger partial charge in [-0.15, -0.1) is 0 Å². The highest BCUT2D eigenvalue weighted by Gasteiger charge is 2.29. The van der Waals surface area contributed by atoms with Gasteiger partial charge >= 0.3 is 0 Å². The standard InChI is InChI=1S/C21H35N3O2/c1-21(2,3)23-20(26)14-17-11-7-8-12-24(17)15-19(25)18(22)13-16-9-5-4-6-10-16/h4-6,9-10,17-19,25H,7-8,11-15,22H2,1-3H3,(H,23,26)/t17-,18-,19+/m0/s1. The summed E-state index contributed by atoms with van der Waals surface area (Å²) in [5, 5.41) is 13.6. The number of aliphatic hydroxyl groups is 1. The van der Waals surface area contributed by atoms with Gasteiger partial charge in [0.25, 0.3) is 0 Å². The molecular weight excluding hydrogens is 326 g/mol. The minimum absolute atomic E-state index is 0.0810. The molecule has 1 heterocycles. The van der Waals surface area contributed by atoms with Gasteiger partial charge in [-0.1, -0.05) is 36.8 Å². The zero-order valence-corrected chi connectivity index (χ0v) is 16.4. The van der Waals surface area contributed by atoms with Gasteiger partial charge in [0.15, 0.2) is 0 Å². The van der Waals surface area contributed by atoms with Gasteiger partial charge in [0.1, 0.15) is 0 Å². The van der Waals surface area contributed by atoms with E-state index in [9.17, 15) is 9.90 Å². The number of hydrogen-bond acceptors (Lipinski definition) is 4. The molecule has 2 rings (SSSR count). The maximum absolute atomic E-state index is 12.3. The number of benzene rings is 1. The molecular formula is C21H35N3O2. The number of nitrogens with two attached hydrogens (primary N) is 1. The summed E-state index contributed by atoms with van der Waals surface area (Å²) in [7, 11) is 0. The molecule has 0 unspecified atom stereocenters. The predicted molar refractivity (Wildman–Crippen MR) is 106 cm³/mol. The van der Waals surface area contributed by atoms with Gasteiger partial charge < -0.3 is 16.2 Å². The SMILES string of the molecule is CC(C)(C)NC(=O)C[C@@H]1CCCCN1C[C@@H](O)[C@@H](N)Cc1ccccc1. The molecule has 26 heavy (non-hydrogen) atoms. The van der Waals surface area contributed by atoms with Gasteiger partial charge in [0.2, 0.25) is 5.91 Å². The second kappa shape index (κ2) is 9.49. The van der Waals surface area contributed by atoms with E-state index < -0.39 is 6.10 Å². The average Bonchev–Trinajstić information content (AvgIpc) is 2.55. The average molecular weight is 362 g/mol. The first kappa shape index (κ1) is 20.9. The van der Waals surface area contributed by atoms with E-state index >= 15 is 0 Å². The molecule has 1 amide bonds. The Kier molecular flexibility index (Phi) is 7.62. The van der Waals surface area contributed by atoms with Crippen LogP contribution in [-0.4, -0.2) is 52.7 Å². The number of carbonyl (C=O) groups is 1. The number of rotatable bonds is 7. The number of nitrogens with one attached hydrogen (secondary N) is 1. The van der Waals surface area contributed by atoms with Gasteiger partial charge in [0, 0.05) is 30.6 Å². The summed E-state index contributed by atoms with van der Waals surface area (Å²) >= 11 is 0. The van der Waals surface area contributed by atoms with E-state index in [0.29, 0.717) is 19.4 Å². The van der Waals surface area contributed by atoms with Crippen molar-refractivity contribution in [3.05, 3.63) is 35.9 Å². The lowest BCUT2D eigenvalue weighted by molar-refractivity contribution is -0.124. The van der Waals surface area contributed by atoms with Gasteiger partial charge in [-0.2, -0.15) is 0 Å². The molecule has 0 bridgehead atoms. The Morgan fingerprint density at radius 3 is 2.65 bits per heavy atom. The summed E-state index contributed by atoms with van der Waals surface area (Å²) in [5.74, 6) is 0.0810. The van der Waals surface area contributed by atoms with Crippen molar-refractivity contribution < 1.29 is 9.90 Å². The second-order valence-corrected chi connectivity index (χ2v) is 8.57. The van der Waals surface area contributed by atoms with Crippen molar-refractivity contribution in [2.45, 2.75) is 76.6 Å². The van der Waals surface area contributed by atoms with Crippen LogP contribution in [-0.2, 0) is 11.2 Å². The maximum atomic E-state index is 12.3. The summed E-state index contributed by atoms with van der Waals surface area (Å²) < 4.78 is 0. The van der Waals surface area contributed by atoms with Crippen LogP contribution in [0.4, 0.5) is 0 Å². The summed E-state index contributed by atoms with van der Waals surface area (Å²) in [4.78, 5) is 14.6. The zero-order valence-electron chi connectivity index (χ0n) is 16.4. The fraction of sp³-hybridized carbons (Fsp3) is 0.667. The molecule has 1 aromatic carbocycles. The molecule has 0 saturated carbocycles. The van der Waals surface area contributed by atoms with Crippen LogP contribution in [0.2, 0.25) is 0 Å². The zero-order chi connectivity index (χ0) is 19.2. The summed E-state index contributed by atoms with van der Waals surface area (Å²) in [6.45, 7) is 7.44. The molecule has 1 aliphatic rings. The molecule has 1 aliphatic heterocycles. The monoisotopic (exact) mass is 361 g/mol. The maximum Gasteiger partial charge on any atom is 0.221 e. The molecule has 0 spiro atoms. The van der Waals surface area contributed by atoms with Gasteiger partial charge in [-0.05, 0) is 52.1 Å². The Morgan fingerprint density at radius 1 is 1.31 bits per heavy atom. The van der Waals surface area contributed by atoms with Crippen LogP contribution in [0.15, 0.2) is 30.3 Å². The number of hydrogen-bond donors (Lipinski definition) is 3. The lowest BCUT2D eigenvalue weighted by Gasteiger charge is -2.38. The van der Waals surface area contributed by atoms with E-state index in [0.717, 1.165) is 31.4 Å². The summed E-state index contributed by atoms with van der Waals surface area (Å²) in [6, 6.07) is 9.91. The highest BCUT2D eigenvalue weighted by Crippen LogP contribution is 2.21. The van der Waals surface area contributed by atoms with Crippen LogP contribution >= 0.6 is 0 Å². The first-order valence-corrected chi connectivity index (χ1v) is 9.77. The topological polar surface area (TPSA) is 78.6 Å². The largest absolute Gasteiger partial charge is 0.390 e. The summed E-state index contributed by atoms with van der Waals surface area (Å²) in [5.41, 5.74) is 7.16. The molecule has 5 heteroatoms. The van der Waals surface area contributed by atoms with Crippen molar-refractivity contribution in [1.29, 1.82) is 0 Å². The van der Waals surface area contributed by atoms with E-state index in [4.69, 9.17) is 5.73 Å². The first-order valence-electron chi connectivity index (χ1n) is 9.77. The van der Waals surface area contributed by atoms with Crippen molar-refractivity contribution in [3.63, 3.8) is 0 Å². The van der Waals surface area contributed by atoms with Crippen LogP contribution in [0.25, 0.3) is 0 Å². The fourth-order valence-corrected chi connectivity index (χ4v) is 3.61. The van der Waals surface area contributed by atoms with Crippen molar-refractivity contribution in [3.8, 4) is 0 Å². The van der Waals surface area contributed by atoms with E-state index in [-0.39, 0.29) is 23.5 Å². The third kappa shape index (κ3) is 7.06. The molecule has 1 saturated heterocycles. The molecule has 0 aliphatic carbocycles. The van der Waals surface area contributed by atoms with E-state index in [2.05, 4.69) is 10.2 Å². The molecule has 3 atom stereocenters. The second-order valence-electron chi connectivity index (χ2n) is 8.57. The minimum Gasteiger partial charge on any atom is -0.390 e. The van der Waals surface area contributed by atoms with Crippen LogP contribution < -0.4 is 11.1 Å². The number of aliphatic hydroxyl groups excluding tert-OH is 1. The third-order valence-corrected chi connectivity index (χ3v) is 4.91. The van der Waals surface area contributed by atoms with Crippen LogP contribution in [0.3, 0.4) is 0 Å². The van der Waals surface area contributed by atoms with Crippen LogP contribution in [0, 0.1) is 0 Å². The Hall–Kier alpha value is -1.43. The van der Waals surface area contributed by atoms with Gasteiger partial charge in [-0.25, -0.2) is 0 Å². The van der Waals surface area contributed by atoms with E-state index in [1.807, 2.05) is 51.1 Å². The normalized spacial score (nSPS) is 21.2. The highest BCUT2D eigenvalue weighted by atomic mass is 16.3. The van der Waals surface area contributed by atoms with Crippen molar-refractivity contribution >= 4 is 5.91 Å². The number of piperidine rings is 1. The predicted octanol–water partition coefficient (Wildman–Crippen LogP) is 2.08. The number of nitrogens with zero attached hydrogens (tertiary/aromatic N) is 1. The summed E-state index contributed by atoms with van der Waals surface area (Å²) in [6.07, 6.45) is 3.79. The molecule has 5 nitrogen and oxygen atoms in total. The van der Waals surface area contributed by atoms with E-state index in [1.165, 1.54) is 0 Å². The minimum atomic E-state index is -0.596. The number of carbonyl (C=O) groups excluding carboxylic acids is 1. The smallest absolute Gasteiger partial charge is 0.221 e. The fourth-order valence-electron chi connectivity index (χ4n) is 3.61. The van der Waals surface area contributed by atoms with E-state index in [1.54, 1.807) is 0 Å². The van der Waals surface area contributed by atoms with Gasteiger partial charge in [0.05, 0.1) is 6.10 Å².